The maximum atomic E-state index is 12.8. The molecule has 0 bridgehead atoms. The summed E-state index contributed by atoms with van der Waals surface area (Å²) < 4.78 is 49.3. The number of aliphatic hydroxyl groups excluding tert-OH is 7. The summed E-state index contributed by atoms with van der Waals surface area (Å²) in [6.07, 6.45) is -7.52. The minimum absolute atomic E-state index is 0.0891. The van der Waals surface area contributed by atoms with Crippen LogP contribution < -0.4 is 0 Å². The zero-order valence-electron chi connectivity index (χ0n) is 36.0. The fourth-order valence-corrected chi connectivity index (χ4v) is 13.7. The van der Waals surface area contributed by atoms with Crippen LogP contribution in [0.3, 0.4) is 0 Å². The number of rotatable bonds is 8. The summed E-state index contributed by atoms with van der Waals surface area (Å²) in [6, 6.07) is 0. The SMILES string of the molecule is CC1OC(OCC2(O)COC(OC3CCC4(C)C(=CCC5C4CCC4(C)C5CC5OC6(CCC(CO)CO6)C(C)C54O)C3)C2OC2OC(C)C(O)C(O)C2O)C(O)C(O)C1O. The molecule has 0 aromatic rings. The van der Waals surface area contributed by atoms with Crippen LogP contribution in [0.1, 0.15) is 92.4 Å². The van der Waals surface area contributed by atoms with Crippen LogP contribution in [0, 0.1) is 40.4 Å². The lowest BCUT2D eigenvalue weighted by Gasteiger charge is -2.59. The first kappa shape index (κ1) is 45.2. The molecule has 24 unspecified atom stereocenters. The summed E-state index contributed by atoms with van der Waals surface area (Å²) in [5.41, 5.74) is -2.09. The maximum absolute atomic E-state index is 12.8. The first-order valence-electron chi connectivity index (χ1n) is 22.8. The standard InChI is InChI=1S/C44H70O17/c1-20-30(46)32(48)34(50)37(57-20)54-18-42(52)19-55-39(36(42)60-38-35(51)33(49)31(47)21(2)58-38)59-25-9-11-40(4)24(14-25)6-7-26-27(40)10-12-41(5)28(26)15-29-44(41,53)22(3)43(61-29)13-8-23(16-45)17-56-43/h6,20-23,25-39,45-53H,7-19H2,1-5H3. The van der Waals surface area contributed by atoms with E-state index < -0.39 is 97.4 Å². The Morgan fingerprint density at radius 2 is 1.46 bits per heavy atom. The van der Waals surface area contributed by atoms with Crippen molar-refractivity contribution < 1.29 is 83.9 Å². The van der Waals surface area contributed by atoms with Gasteiger partial charge in [0.1, 0.15) is 53.9 Å². The van der Waals surface area contributed by atoms with Crippen LogP contribution in [0.5, 0.6) is 0 Å². The number of fused-ring (bicyclic) bond motifs is 7. The highest BCUT2D eigenvalue weighted by molar-refractivity contribution is 5.29. The average Bonchev–Trinajstić information content (AvgIpc) is 3.75. The monoisotopic (exact) mass is 870 g/mol. The number of allylic oxidation sites excluding steroid dienone is 1. The summed E-state index contributed by atoms with van der Waals surface area (Å²) in [5.74, 6) is 0.136. The van der Waals surface area contributed by atoms with E-state index in [1.165, 1.54) is 19.4 Å². The smallest absolute Gasteiger partial charge is 0.187 e. The van der Waals surface area contributed by atoms with Gasteiger partial charge in [-0.15, -0.1) is 0 Å². The molecule has 5 aliphatic heterocycles. The topological polar surface area (TPSA) is 256 Å². The lowest BCUT2D eigenvalue weighted by atomic mass is 9.46. The molecule has 17 heteroatoms. The fraction of sp³-hybridized carbons (Fsp3) is 0.955. The van der Waals surface area contributed by atoms with Crippen LogP contribution in [0.25, 0.3) is 0 Å². The highest BCUT2D eigenvalue weighted by Gasteiger charge is 2.76. The quantitative estimate of drug-likeness (QED) is 0.145. The lowest BCUT2D eigenvalue weighted by Crippen LogP contribution is -2.61. The van der Waals surface area contributed by atoms with Crippen LogP contribution in [0.2, 0.25) is 0 Å². The van der Waals surface area contributed by atoms with Gasteiger partial charge in [-0.05, 0) is 88.4 Å². The lowest BCUT2D eigenvalue weighted by molar-refractivity contribution is -0.336. The molecule has 24 atom stereocenters. The third-order valence-electron chi connectivity index (χ3n) is 17.7. The van der Waals surface area contributed by atoms with E-state index in [1.807, 2.05) is 0 Å². The Bertz CT molecular complexity index is 1630. The van der Waals surface area contributed by atoms with Crippen LogP contribution in [-0.4, -0.2) is 175 Å². The van der Waals surface area contributed by atoms with E-state index in [1.54, 1.807) is 0 Å². The molecule has 8 fully saturated rings. The summed E-state index contributed by atoms with van der Waals surface area (Å²) >= 11 is 0. The van der Waals surface area contributed by atoms with Crippen molar-refractivity contribution in [1.82, 2.24) is 0 Å². The van der Waals surface area contributed by atoms with Gasteiger partial charge in [0.2, 0.25) is 0 Å². The molecular weight excluding hydrogens is 800 g/mol. The van der Waals surface area contributed by atoms with Crippen LogP contribution in [0.4, 0.5) is 0 Å². The summed E-state index contributed by atoms with van der Waals surface area (Å²) in [7, 11) is 0. The van der Waals surface area contributed by atoms with Gasteiger partial charge >= 0.3 is 0 Å². The molecule has 0 aromatic carbocycles. The Balaban J connectivity index is 0.896. The van der Waals surface area contributed by atoms with Crippen molar-refractivity contribution in [3.63, 3.8) is 0 Å². The van der Waals surface area contributed by atoms with E-state index in [0.717, 1.165) is 38.5 Å². The highest BCUT2D eigenvalue weighted by Crippen LogP contribution is 2.72. The van der Waals surface area contributed by atoms with Gasteiger partial charge in [0.25, 0.3) is 0 Å². The third kappa shape index (κ3) is 6.97. The van der Waals surface area contributed by atoms with Gasteiger partial charge in [0.15, 0.2) is 24.7 Å². The van der Waals surface area contributed by atoms with E-state index >= 15 is 0 Å². The molecule has 0 aromatic heterocycles. The van der Waals surface area contributed by atoms with Gasteiger partial charge in [-0.3, -0.25) is 0 Å². The molecule has 3 saturated carbocycles. The second-order valence-corrected chi connectivity index (χ2v) is 20.8. The molecule has 17 nitrogen and oxygen atoms in total. The Morgan fingerprint density at radius 1 is 0.770 bits per heavy atom. The molecule has 61 heavy (non-hydrogen) atoms. The molecule has 9 aliphatic rings. The van der Waals surface area contributed by atoms with Crippen LogP contribution in [-0.2, 0) is 37.9 Å². The Kier molecular flexibility index (Phi) is 12.0. The maximum Gasteiger partial charge on any atom is 0.187 e. The zero-order chi connectivity index (χ0) is 43.6. The molecule has 5 heterocycles. The van der Waals surface area contributed by atoms with Crippen molar-refractivity contribution >= 4 is 0 Å². The van der Waals surface area contributed by atoms with Gasteiger partial charge < -0.3 is 83.9 Å². The molecule has 5 saturated heterocycles. The second-order valence-electron chi connectivity index (χ2n) is 20.8. The van der Waals surface area contributed by atoms with E-state index in [-0.39, 0.29) is 54.0 Å². The van der Waals surface area contributed by atoms with Gasteiger partial charge in [-0.1, -0.05) is 32.4 Å². The number of hydrogen-bond acceptors (Lipinski definition) is 17. The largest absolute Gasteiger partial charge is 0.396 e. The Hall–Kier alpha value is -0.940. The minimum Gasteiger partial charge on any atom is -0.396 e. The zero-order valence-corrected chi connectivity index (χ0v) is 36.0. The molecule has 1 spiro atoms. The number of hydrogen-bond donors (Lipinski definition) is 9. The molecular formula is C44H70O17. The van der Waals surface area contributed by atoms with Crippen molar-refractivity contribution in [2.24, 2.45) is 40.4 Å². The third-order valence-corrected chi connectivity index (χ3v) is 17.7. The van der Waals surface area contributed by atoms with Crippen LogP contribution >= 0.6 is 0 Å². The van der Waals surface area contributed by atoms with E-state index in [4.69, 9.17) is 37.9 Å². The first-order chi connectivity index (χ1) is 28.8. The van der Waals surface area contributed by atoms with Gasteiger partial charge in [0, 0.05) is 30.3 Å². The van der Waals surface area contributed by atoms with Gasteiger partial charge in [-0.25, -0.2) is 0 Å². The molecule has 0 radical (unpaired) electrons. The minimum atomic E-state index is -1.96. The second kappa shape index (κ2) is 16.1. The Labute approximate surface area is 357 Å². The summed E-state index contributed by atoms with van der Waals surface area (Å²) in [5, 5.41) is 97.5. The predicted octanol–water partition coefficient (Wildman–Crippen LogP) is -0.0303. The molecule has 9 rings (SSSR count). The van der Waals surface area contributed by atoms with Crippen molar-refractivity contribution in [3.8, 4) is 0 Å². The highest BCUT2D eigenvalue weighted by atomic mass is 16.8. The van der Waals surface area contributed by atoms with Gasteiger partial charge in [0.05, 0.1) is 44.2 Å². The average molecular weight is 871 g/mol. The summed E-state index contributed by atoms with van der Waals surface area (Å²) in [6.45, 7) is 9.43. The van der Waals surface area contributed by atoms with Crippen molar-refractivity contribution in [3.05, 3.63) is 11.6 Å². The molecule has 348 valence electrons. The van der Waals surface area contributed by atoms with E-state index in [2.05, 4.69) is 26.8 Å². The van der Waals surface area contributed by atoms with Crippen molar-refractivity contribution in [1.29, 1.82) is 0 Å². The van der Waals surface area contributed by atoms with Gasteiger partial charge in [-0.2, -0.15) is 0 Å². The molecule has 4 aliphatic carbocycles. The predicted molar refractivity (Wildman–Crippen MR) is 210 cm³/mol. The first-order valence-corrected chi connectivity index (χ1v) is 22.8. The van der Waals surface area contributed by atoms with Crippen LogP contribution in [0.15, 0.2) is 11.6 Å². The number of ether oxygens (including phenoxy) is 8. The van der Waals surface area contributed by atoms with Crippen molar-refractivity contribution in [2.45, 2.75) is 195 Å². The molecule has 9 N–H and O–H groups in total. The number of aliphatic hydroxyl groups is 9. The van der Waals surface area contributed by atoms with E-state index in [9.17, 15) is 46.0 Å². The fourth-order valence-electron chi connectivity index (χ4n) is 13.7. The Morgan fingerprint density at radius 3 is 2.13 bits per heavy atom. The molecule has 0 amide bonds. The summed E-state index contributed by atoms with van der Waals surface area (Å²) in [4.78, 5) is 0. The van der Waals surface area contributed by atoms with E-state index in [0.29, 0.717) is 37.7 Å². The van der Waals surface area contributed by atoms with Crippen molar-refractivity contribution in [2.75, 3.05) is 26.4 Å². The normalized spacial score (nSPS) is 58.2.